The topological polar surface area (TPSA) is 15.3 Å². The average Bonchev–Trinajstić information content (AvgIpc) is 2.47. The molecule has 1 saturated carbocycles. The van der Waals surface area contributed by atoms with Crippen LogP contribution in [0.15, 0.2) is 11.6 Å². The summed E-state index contributed by atoms with van der Waals surface area (Å²) in [5, 5.41) is 3.76. The van der Waals surface area contributed by atoms with E-state index in [0.29, 0.717) is 25.2 Å². The maximum atomic E-state index is 12.6. The van der Waals surface area contributed by atoms with Crippen LogP contribution in [-0.4, -0.2) is 42.8 Å². The first kappa shape index (κ1) is 15.3. The van der Waals surface area contributed by atoms with Crippen LogP contribution in [0.3, 0.4) is 0 Å². The Kier molecular flexibility index (Phi) is 4.60. The lowest BCUT2D eigenvalue weighted by molar-refractivity contribution is -0.0960. The van der Waals surface area contributed by atoms with Crippen molar-refractivity contribution >= 4 is 0 Å². The van der Waals surface area contributed by atoms with Gasteiger partial charge in [-0.3, -0.25) is 4.90 Å². The lowest BCUT2D eigenvalue weighted by Crippen LogP contribution is -2.53. The van der Waals surface area contributed by atoms with E-state index in [4.69, 9.17) is 0 Å². The predicted octanol–water partition coefficient (Wildman–Crippen LogP) is 3.49. The lowest BCUT2D eigenvalue weighted by Gasteiger charge is -2.42. The van der Waals surface area contributed by atoms with Gasteiger partial charge in [0.15, 0.2) is 0 Å². The quantitative estimate of drug-likeness (QED) is 0.786. The molecule has 0 amide bonds. The van der Waals surface area contributed by atoms with Gasteiger partial charge in [-0.1, -0.05) is 18.9 Å². The fourth-order valence-corrected chi connectivity index (χ4v) is 4.16. The van der Waals surface area contributed by atoms with Gasteiger partial charge >= 0.3 is 6.18 Å². The SMILES string of the molecule is FC(F)(F)C1=CCN(CC2CCC3CCCCC3N2)CC1. The highest BCUT2D eigenvalue weighted by molar-refractivity contribution is 5.13. The van der Waals surface area contributed by atoms with Crippen LogP contribution in [0.4, 0.5) is 13.2 Å². The van der Waals surface area contributed by atoms with E-state index in [-0.39, 0.29) is 12.0 Å². The minimum atomic E-state index is -4.13. The van der Waals surface area contributed by atoms with Crippen LogP contribution < -0.4 is 5.32 Å². The van der Waals surface area contributed by atoms with Crippen LogP contribution in [0, 0.1) is 5.92 Å². The van der Waals surface area contributed by atoms with Crippen molar-refractivity contribution in [2.24, 2.45) is 5.92 Å². The molecule has 2 fully saturated rings. The normalized spacial score (nSPS) is 35.2. The van der Waals surface area contributed by atoms with E-state index < -0.39 is 6.18 Å². The van der Waals surface area contributed by atoms with E-state index in [2.05, 4.69) is 10.2 Å². The predicted molar refractivity (Wildman–Crippen MR) is 77.1 cm³/mol. The molecule has 0 aromatic heterocycles. The number of nitrogens with one attached hydrogen (secondary N) is 1. The van der Waals surface area contributed by atoms with Crippen molar-refractivity contribution in [3.05, 3.63) is 11.6 Å². The Balaban J connectivity index is 1.49. The zero-order valence-electron chi connectivity index (χ0n) is 12.5. The third kappa shape index (κ3) is 3.81. The molecule has 120 valence electrons. The maximum Gasteiger partial charge on any atom is 0.412 e. The highest BCUT2D eigenvalue weighted by Gasteiger charge is 2.36. The first-order valence-electron chi connectivity index (χ1n) is 8.27. The summed E-state index contributed by atoms with van der Waals surface area (Å²) in [5.74, 6) is 0.841. The molecule has 0 radical (unpaired) electrons. The van der Waals surface area contributed by atoms with E-state index in [1.807, 2.05) is 0 Å². The van der Waals surface area contributed by atoms with Crippen molar-refractivity contribution < 1.29 is 13.2 Å². The third-order valence-electron chi connectivity index (χ3n) is 5.38. The molecule has 3 aliphatic rings. The standard InChI is InChI=1S/C16H25F3N2/c17-16(18,19)13-7-9-21(10-8-13)11-14-6-5-12-3-1-2-4-15(12)20-14/h7,12,14-15,20H,1-6,8-11H2. The van der Waals surface area contributed by atoms with Crippen LogP contribution in [0.5, 0.6) is 0 Å². The highest BCUT2D eigenvalue weighted by Crippen LogP contribution is 2.33. The van der Waals surface area contributed by atoms with Crippen LogP contribution in [-0.2, 0) is 0 Å². The van der Waals surface area contributed by atoms with Gasteiger partial charge in [0, 0.05) is 37.3 Å². The largest absolute Gasteiger partial charge is 0.412 e. The van der Waals surface area contributed by atoms with Crippen molar-refractivity contribution in [1.82, 2.24) is 10.2 Å². The van der Waals surface area contributed by atoms with Crippen molar-refractivity contribution in [3.8, 4) is 0 Å². The molecule has 5 heteroatoms. The molecule has 2 heterocycles. The Morgan fingerprint density at radius 2 is 1.95 bits per heavy atom. The molecule has 1 N–H and O–H groups in total. The molecule has 0 aromatic rings. The number of hydrogen-bond acceptors (Lipinski definition) is 2. The van der Waals surface area contributed by atoms with Gasteiger partial charge in [-0.05, 0) is 38.0 Å². The fourth-order valence-electron chi connectivity index (χ4n) is 4.16. The van der Waals surface area contributed by atoms with Gasteiger partial charge < -0.3 is 5.32 Å². The van der Waals surface area contributed by atoms with Crippen LogP contribution in [0.2, 0.25) is 0 Å². The maximum absolute atomic E-state index is 12.6. The van der Waals surface area contributed by atoms with Gasteiger partial charge in [0.25, 0.3) is 0 Å². The second kappa shape index (κ2) is 6.29. The van der Waals surface area contributed by atoms with Crippen molar-refractivity contribution in [2.75, 3.05) is 19.6 Å². The molecular weight excluding hydrogens is 277 g/mol. The molecule has 2 nitrogen and oxygen atoms in total. The first-order valence-corrected chi connectivity index (χ1v) is 8.27. The zero-order valence-corrected chi connectivity index (χ0v) is 12.5. The number of nitrogens with zero attached hydrogens (tertiary/aromatic N) is 1. The Hall–Kier alpha value is -0.550. The van der Waals surface area contributed by atoms with E-state index in [1.165, 1.54) is 44.6 Å². The van der Waals surface area contributed by atoms with Gasteiger partial charge in [0.05, 0.1) is 0 Å². The second-order valence-electron chi connectivity index (χ2n) is 6.83. The highest BCUT2D eigenvalue weighted by atomic mass is 19.4. The number of alkyl halides is 3. The summed E-state index contributed by atoms with van der Waals surface area (Å²) in [5.41, 5.74) is -0.345. The summed E-state index contributed by atoms with van der Waals surface area (Å²) in [6.07, 6.45) is 5.16. The number of hydrogen-bond donors (Lipinski definition) is 1. The van der Waals surface area contributed by atoms with E-state index >= 15 is 0 Å². The van der Waals surface area contributed by atoms with Crippen molar-refractivity contribution in [3.63, 3.8) is 0 Å². The summed E-state index contributed by atoms with van der Waals surface area (Å²) in [6.45, 7) is 1.88. The smallest absolute Gasteiger partial charge is 0.310 e. The molecule has 3 rings (SSSR count). The zero-order chi connectivity index (χ0) is 14.9. The van der Waals surface area contributed by atoms with E-state index in [0.717, 1.165) is 12.5 Å². The number of fused-ring (bicyclic) bond motifs is 1. The van der Waals surface area contributed by atoms with E-state index in [9.17, 15) is 13.2 Å². The Morgan fingerprint density at radius 3 is 2.67 bits per heavy atom. The van der Waals surface area contributed by atoms with E-state index in [1.54, 1.807) is 0 Å². The van der Waals surface area contributed by atoms with Crippen LogP contribution in [0.1, 0.15) is 44.9 Å². The number of halogens is 3. The summed E-state index contributed by atoms with van der Waals surface area (Å²) in [4.78, 5) is 2.16. The third-order valence-corrected chi connectivity index (χ3v) is 5.38. The lowest BCUT2D eigenvalue weighted by atomic mass is 9.77. The Bertz CT molecular complexity index is 391. The molecule has 3 atom stereocenters. The van der Waals surface area contributed by atoms with Gasteiger partial charge in [-0.2, -0.15) is 13.2 Å². The molecule has 3 unspecified atom stereocenters. The minimum absolute atomic E-state index is 0.141. The van der Waals surface area contributed by atoms with Gasteiger partial charge in [0.2, 0.25) is 0 Å². The average molecular weight is 302 g/mol. The van der Waals surface area contributed by atoms with Gasteiger partial charge in [-0.25, -0.2) is 0 Å². The van der Waals surface area contributed by atoms with Crippen molar-refractivity contribution in [1.29, 1.82) is 0 Å². The van der Waals surface area contributed by atoms with Gasteiger partial charge in [0.1, 0.15) is 0 Å². The second-order valence-corrected chi connectivity index (χ2v) is 6.83. The summed E-state index contributed by atoms with van der Waals surface area (Å²) in [6, 6.07) is 1.12. The Morgan fingerprint density at radius 1 is 1.14 bits per heavy atom. The van der Waals surface area contributed by atoms with Crippen LogP contribution in [0.25, 0.3) is 0 Å². The Labute approximate surface area is 124 Å². The molecule has 0 bridgehead atoms. The molecule has 2 aliphatic heterocycles. The van der Waals surface area contributed by atoms with Crippen LogP contribution >= 0.6 is 0 Å². The fraction of sp³-hybridized carbons (Fsp3) is 0.875. The summed E-state index contributed by atoms with van der Waals surface area (Å²) >= 11 is 0. The molecule has 21 heavy (non-hydrogen) atoms. The molecule has 1 saturated heterocycles. The summed E-state index contributed by atoms with van der Waals surface area (Å²) < 4.78 is 37.8. The molecule has 0 aromatic carbocycles. The molecule has 0 spiro atoms. The van der Waals surface area contributed by atoms with Gasteiger partial charge in [-0.15, -0.1) is 0 Å². The number of piperidine rings is 1. The molecular formula is C16H25F3N2. The first-order chi connectivity index (χ1) is 10.0. The molecule has 1 aliphatic carbocycles. The number of rotatable bonds is 2. The summed E-state index contributed by atoms with van der Waals surface area (Å²) in [7, 11) is 0. The van der Waals surface area contributed by atoms with Crippen molar-refractivity contribution in [2.45, 2.75) is 63.2 Å². The minimum Gasteiger partial charge on any atom is -0.310 e. The monoisotopic (exact) mass is 302 g/mol.